The van der Waals surface area contributed by atoms with Crippen LogP contribution < -0.4 is 5.32 Å². The lowest BCUT2D eigenvalue weighted by molar-refractivity contribution is -0.116. The van der Waals surface area contributed by atoms with Gasteiger partial charge in [0.05, 0.1) is 18.9 Å². The van der Waals surface area contributed by atoms with Gasteiger partial charge in [-0.15, -0.1) is 0 Å². The van der Waals surface area contributed by atoms with Crippen LogP contribution in [0.15, 0.2) is 53.1 Å². The number of rotatable bonds is 6. The van der Waals surface area contributed by atoms with Crippen LogP contribution in [0.2, 0.25) is 5.02 Å². The molecule has 0 aliphatic carbocycles. The fourth-order valence-corrected chi connectivity index (χ4v) is 2.83. The molecular weight excluding hydrogens is 380 g/mol. The van der Waals surface area contributed by atoms with Gasteiger partial charge < -0.3 is 14.5 Å². The molecule has 1 aromatic heterocycles. The van der Waals surface area contributed by atoms with E-state index in [1.54, 1.807) is 43.5 Å². The van der Waals surface area contributed by atoms with Crippen LogP contribution in [0.5, 0.6) is 0 Å². The molecule has 3 rings (SSSR count). The Labute approximate surface area is 167 Å². The summed E-state index contributed by atoms with van der Waals surface area (Å²) in [6.07, 6.45) is 2.18. The Morgan fingerprint density at radius 3 is 2.64 bits per heavy atom. The van der Waals surface area contributed by atoms with Crippen molar-refractivity contribution in [2.45, 2.75) is 19.8 Å². The summed E-state index contributed by atoms with van der Waals surface area (Å²) in [5, 5.41) is 3.46. The largest absolute Gasteiger partial charge is 0.465 e. The second kappa shape index (κ2) is 8.71. The molecule has 28 heavy (non-hydrogen) atoms. The number of anilines is 1. The highest BCUT2D eigenvalue weighted by molar-refractivity contribution is 6.30. The predicted octanol–water partition coefficient (Wildman–Crippen LogP) is 4.66. The molecule has 3 aromatic rings. The zero-order chi connectivity index (χ0) is 20.1. The van der Waals surface area contributed by atoms with Crippen molar-refractivity contribution in [1.29, 1.82) is 0 Å². The molecule has 0 aliphatic rings. The summed E-state index contributed by atoms with van der Waals surface area (Å²) in [5.41, 5.74) is 2.51. The third-order valence-corrected chi connectivity index (χ3v) is 4.51. The van der Waals surface area contributed by atoms with E-state index in [1.807, 2.05) is 12.1 Å². The minimum absolute atomic E-state index is 0.197. The van der Waals surface area contributed by atoms with Crippen LogP contribution in [-0.4, -0.2) is 24.0 Å². The van der Waals surface area contributed by atoms with Crippen molar-refractivity contribution in [2.75, 3.05) is 12.4 Å². The van der Waals surface area contributed by atoms with Crippen LogP contribution in [-0.2, 0) is 16.0 Å². The summed E-state index contributed by atoms with van der Waals surface area (Å²) in [4.78, 5) is 28.3. The van der Waals surface area contributed by atoms with E-state index in [9.17, 15) is 9.59 Å². The number of amides is 1. The maximum absolute atomic E-state index is 12.3. The number of carbonyl (C=O) groups excluding carboxylic acids is 2. The van der Waals surface area contributed by atoms with Crippen LogP contribution in [0.4, 0.5) is 5.69 Å². The molecule has 0 radical (unpaired) electrons. The molecule has 0 atom stereocenters. The first kappa shape index (κ1) is 19.6. The lowest BCUT2D eigenvalue weighted by Crippen LogP contribution is -2.14. The molecule has 0 fully saturated rings. The van der Waals surface area contributed by atoms with Crippen molar-refractivity contribution in [3.63, 3.8) is 0 Å². The minimum Gasteiger partial charge on any atom is -0.465 e. The van der Waals surface area contributed by atoms with Crippen molar-refractivity contribution in [1.82, 2.24) is 4.98 Å². The summed E-state index contributed by atoms with van der Waals surface area (Å²) < 4.78 is 10.5. The molecule has 144 valence electrons. The van der Waals surface area contributed by atoms with Crippen LogP contribution in [0, 0.1) is 6.92 Å². The van der Waals surface area contributed by atoms with E-state index < -0.39 is 5.97 Å². The highest BCUT2D eigenvalue weighted by Crippen LogP contribution is 2.23. The van der Waals surface area contributed by atoms with Gasteiger partial charge in [0.25, 0.3) is 0 Å². The lowest BCUT2D eigenvalue weighted by atomic mass is 10.1. The third-order valence-electron chi connectivity index (χ3n) is 4.26. The molecule has 1 N–H and O–H groups in total. The number of hydrogen-bond donors (Lipinski definition) is 1. The van der Waals surface area contributed by atoms with Crippen LogP contribution in [0.1, 0.15) is 28.2 Å². The van der Waals surface area contributed by atoms with Gasteiger partial charge in [-0.05, 0) is 48.9 Å². The smallest absolute Gasteiger partial charge is 0.338 e. The fourth-order valence-electron chi connectivity index (χ4n) is 2.71. The summed E-state index contributed by atoms with van der Waals surface area (Å²) in [7, 11) is 1.32. The second-order valence-corrected chi connectivity index (χ2v) is 6.58. The van der Waals surface area contributed by atoms with Gasteiger partial charge in [0.1, 0.15) is 0 Å². The normalized spacial score (nSPS) is 10.5. The Hall–Kier alpha value is -3.12. The van der Waals surface area contributed by atoms with Crippen molar-refractivity contribution >= 4 is 29.2 Å². The first-order chi connectivity index (χ1) is 13.5. The Balaban J connectivity index is 1.61. The number of nitrogens with zero attached hydrogens (tertiary/aromatic N) is 1. The number of aromatic nitrogens is 1. The third kappa shape index (κ3) is 4.58. The van der Waals surface area contributed by atoms with Gasteiger partial charge in [0.2, 0.25) is 5.91 Å². The molecule has 0 bridgehead atoms. The first-order valence-electron chi connectivity index (χ1n) is 8.66. The Morgan fingerprint density at radius 2 is 1.93 bits per heavy atom. The second-order valence-electron chi connectivity index (χ2n) is 6.14. The highest BCUT2D eigenvalue weighted by atomic mass is 35.5. The number of nitrogens with one attached hydrogen (secondary N) is 1. The number of benzene rings is 2. The SMILES string of the molecule is COC(=O)c1cccc(NC(=O)CCc2ncc(-c3ccc(Cl)cc3)o2)c1C. The number of ether oxygens (including phenoxy) is 1. The Morgan fingerprint density at radius 1 is 1.18 bits per heavy atom. The number of methoxy groups -OCH3 is 1. The van der Waals surface area contributed by atoms with Gasteiger partial charge >= 0.3 is 5.97 Å². The molecule has 1 heterocycles. The highest BCUT2D eigenvalue weighted by Gasteiger charge is 2.14. The predicted molar refractivity (Wildman–Crippen MR) is 106 cm³/mol. The number of hydrogen-bond acceptors (Lipinski definition) is 5. The molecule has 0 saturated heterocycles. The maximum Gasteiger partial charge on any atom is 0.338 e. The molecule has 0 aliphatic heterocycles. The molecule has 0 spiro atoms. The van der Waals surface area contributed by atoms with Crippen LogP contribution in [0.3, 0.4) is 0 Å². The van der Waals surface area contributed by atoms with Gasteiger partial charge in [-0.25, -0.2) is 9.78 Å². The Bertz CT molecular complexity index is 996. The summed E-state index contributed by atoms with van der Waals surface area (Å²) in [6.45, 7) is 1.76. The van der Waals surface area contributed by atoms with Gasteiger partial charge in [-0.3, -0.25) is 4.79 Å². The zero-order valence-electron chi connectivity index (χ0n) is 15.5. The summed E-state index contributed by atoms with van der Waals surface area (Å²) in [6, 6.07) is 12.3. The number of esters is 1. The fraction of sp³-hybridized carbons (Fsp3) is 0.190. The van der Waals surface area contributed by atoms with Gasteiger partial charge in [0.15, 0.2) is 11.7 Å². The maximum atomic E-state index is 12.3. The summed E-state index contributed by atoms with van der Waals surface area (Å²) in [5.74, 6) is 0.452. The van der Waals surface area contributed by atoms with Crippen LogP contribution >= 0.6 is 11.6 Å². The topological polar surface area (TPSA) is 81.4 Å². The van der Waals surface area contributed by atoms with E-state index in [4.69, 9.17) is 20.8 Å². The molecule has 0 unspecified atom stereocenters. The summed E-state index contributed by atoms with van der Waals surface area (Å²) >= 11 is 5.89. The molecule has 7 heteroatoms. The molecule has 2 aromatic carbocycles. The standard InChI is InChI=1S/C21H19ClN2O4/c1-13-16(21(26)27-2)4-3-5-17(13)24-19(25)10-11-20-23-12-18(28-20)14-6-8-15(22)9-7-14/h3-9,12H,10-11H2,1-2H3,(H,24,25). The van der Waals surface area contributed by atoms with E-state index in [2.05, 4.69) is 10.3 Å². The Kier molecular flexibility index (Phi) is 6.11. The van der Waals surface area contributed by atoms with Gasteiger partial charge in [-0.2, -0.15) is 0 Å². The monoisotopic (exact) mass is 398 g/mol. The van der Waals surface area contributed by atoms with Crippen molar-refractivity contribution in [3.05, 3.63) is 70.7 Å². The average Bonchev–Trinajstić information content (AvgIpc) is 3.17. The van der Waals surface area contributed by atoms with E-state index in [0.29, 0.717) is 39.9 Å². The number of carbonyl (C=O) groups is 2. The molecule has 6 nitrogen and oxygen atoms in total. The zero-order valence-corrected chi connectivity index (χ0v) is 16.2. The van der Waals surface area contributed by atoms with Crippen molar-refractivity contribution < 1.29 is 18.7 Å². The van der Waals surface area contributed by atoms with Crippen LogP contribution in [0.25, 0.3) is 11.3 Å². The van der Waals surface area contributed by atoms with E-state index in [1.165, 1.54) is 7.11 Å². The van der Waals surface area contributed by atoms with Crippen molar-refractivity contribution in [2.24, 2.45) is 0 Å². The average molecular weight is 399 g/mol. The number of halogens is 1. The number of oxazole rings is 1. The molecular formula is C21H19ClN2O4. The van der Waals surface area contributed by atoms with Gasteiger partial charge in [-0.1, -0.05) is 17.7 Å². The van der Waals surface area contributed by atoms with Crippen molar-refractivity contribution in [3.8, 4) is 11.3 Å². The first-order valence-corrected chi connectivity index (χ1v) is 9.04. The molecule has 1 amide bonds. The minimum atomic E-state index is -0.442. The quantitative estimate of drug-likeness (QED) is 0.610. The number of aryl methyl sites for hydroxylation is 1. The van der Waals surface area contributed by atoms with Gasteiger partial charge in [0, 0.05) is 29.1 Å². The van der Waals surface area contributed by atoms with E-state index in [-0.39, 0.29) is 12.3 Å². The lowest BCUT2D eigenvalue weighted by Gasteiger charge is -2.11. The van der Waals surface area contributed by atoms with E-state index >= 15 is 0 Å². The van der Waals surface area contributed by atoms with E-state index in [0.717, 1.165) is 5.56 Å². The molecule has 0 saturated carbocycles.